The second-order valence-corrected chi connectivity index (χ2v) is 29.8. The number of aliphatic imine (C=N–C) groups is 1. The number of hydrogen-bond donors (Lipinski definition) is 14. The fraction of sp³-hybridized carbons (Fsp3) is 0.605. The van der Waals surface area contributed by atoms with Crippen LogP contribution in [0.4, 0.5) is 4.79 Å². The number of ether oxygens (including phenoxy) is 1. The van der Waals surface area contributed by atoms with E-state index < -0.39 is 96.1 Å². The molecule has 0 saturated heterocycles. The minimum atomic E-state index is -1.37. The molecule has 4 aliphatic rings. The standard InChI is InChI=1S/C76H113N17O10/c1-8-9-23-60(89-66(95)44-87-86-43-65(94)81-35-17-36-83-74(102)103-53-30-32-75(6)51(39-53)26-27-55-57-29-28-56(47(4)19-15-18-46(2)3)76(57,7)33-31-58(55)75)69(98)88-48(5)68(97)92-64(40-52-42-80-45-85-52)72(101)93-63(37-49-20-11-10-12-21-49)71(100)90-61(25-16-34-82-73(78)79)70(99)91-62(67(77)96)38-50-41-84-59-24-14-13-22-54(50)59/h10-14,20-22,24,26,41-43,45-48,53,55-58,60-64,84,87H,8-9,15-19,23,25,27-40,44H2,1-7H3,(H2,77,96)(H,80,85)(H,81,94)(H,83,102)(H,88,98)(H,89,95)(H,90,100)(H,91,99)(H,92,97)(H,93,101)(H4,78,79,82)/b86-43+/t47-,48+,53+,55+,56-,57+,58+,60+,61+,62+,63-,64+,75+,76-/m1/s1. The second kappa shape index (κ2) is 38.3. The Balaban J connectivity index is 0.777. The van der Waals surface area contributed by atoms with Crippen LogP contribution in [0.5, 0.6) is 0 Å². The molecule has 2 aromatic heterocycles. The molecule has 562 valence electrons. The lowest BCUT2D eigenvalue weighted by molar-refractivity contribution is -0.135. The molecular formula is C76H113N17O10. The van der Waals surface area contributed by atoms with Crippen molar-refractivity contribution in [3.05, 3.63) is 102 Å². The van der Waals surface area contributed by atoms with Crippen LogP contribution < -0.4 is 65.2 Å². The molecule has 4 aromatic rings. The number of hydrogen-bond acceptors (Lipinski definition) is 14. The van der Waals surface area contributed by atoms with Gasteiger partial charge >= 0.3 is 6.09 Å². The molecule has 0 radical (unpaired) electrons. The molecular weight excluding hydrogens is 1310 g/mol. The first kappa shape index (κ1) is 79.4. The van der Waals surface area contributed by atoms with E-state index in [1.165, 1.54) is 70.0 Å². The van der Waals surface area contributed by atoms with Gasteiger partial charge in [0.05, 0.1) is 6.33 Å². The smallest absolute Gasteiger partial charge is 0.407 e. The van der Waals surface area contributed by atoms with Gasteiger partial charge in [-0.25, -0.2) is 9.78 Å². The molecule has 4 aliphatic carbocycles. The summed E-state index contributed by atoms with van der Waals surface area (Å²) in [7, 11) is 0. The SMILES string of the molecule is CCCC[C@H](NC(=O)CN/N=C/C(=O)NCCCNC(=O)O[C@H]1CC[C@@]2(C)C(=CC[C@H]3[C@@H]4CC[C@H]([C@H](C)CCCC(C)C)[C@@]4(C)CC[C@@H]32)C1)C(=O)N[C@@H](C)C(=O)N[C@@H](Cc1cnc[nH]1)C(=O)N[C@H](Cc1ccccc1)C(=O)N[C@@H](CCCN=C(N)N)C(=O)N[C@@H](Cc1c[nH]c2ccccc12)C(N)=O. The van der Waals surface area contributed by atoms with Crippen molar-refractivity contribution in [1.82, 2.24) is 62.9 Å². The zero-order valence-electron chi connectivity index (χ0n) is 61.2. The number of carbonyl (C=O) groups is 9. The van der Waals surface area contributed by atoms with Crippen LogP contribution in [0.1, 0.15) is 174 Å². The van der Waals surface area contributed by atoms with E-state index in [0.29, 0.717) is 41.9 Å². The van der Waals surface area contributed by atoms with Crippen molar-refractivity contribution in [3.8, 4) is 0 Å². The number of imidazole rings is 1. The van der Waals surface area contributed by atoms with Gasteiger partial charge in [-0.1, -0.05) is 134 Å². The van der Waals surface area contributed by atoms with Gasteiger partial charge in [-0.05, 0) is 141 Å². The normalized spacial score (nSPS) is 22.5. The topological polar surface area (TPSA) is 418 Å². The summed E-state index contributed by atoms with van der Waals surface area (Å²) < 4.78 is 5.97. The van der Waals surface area contributed by atoms with Crippen molar-refractivity contribution in [2.75, 3.05) is 26.2 Å². The van der Waals surface area contributed by atoms with Crippen LogP contribution >= 0.6 is 0 Å². The number of para-hydroxylation sites is 1. The molecule has 103 heavy (non-hydrogen) atoms. The molecule has 2 aromatic carbocycles. The number of allylic oxidation sites excluding steroid dienone is 1. The van der Waals surface area contributed by atoms with Crippen LogP contribution in [0.15, 0.2) is 95.1 Å². The molecule has 27 nitrogen and oxygen atoms in total. The van der Waals surface area contributed by atoms with Gasteiger partial charge in [0.1, 0.15) is 55.1 Å². The highest BCUT2D eigenvalue weighted by Gasteiger charge is 2.59. The molecule has 2 heterocycles. The van der Waals surface area contributed by atoms with Crippen molar-refractivity contribution in [1.29, 1.82) is 0 Å². The molecule has 17 N–H and O–H groups in total. The number of nitrogens with zero attached hydrogens (tertiary/aromatic N) is 3. The van der Waals surface area contributed by atoms with Crippen LogP contribution in [0, 0.1) is 46.3 Å². The van der Waals surface area contributed by atoms with Gasteiger partial charge < -0.3 is 79.9 Å². The third-order valence-electron chi connectivity index (χ3n) is 22.1. The first-order chi connectivity index (χ1) is 49.3. The van der Waals surface area contributed by atoms with E-state index in [2.05, 4.69) is 114 Å². The largest absolute Gasteiger partial charge is 0.446 e. The number of nitrogens with two attached hydrogens (primary N) is 3. The number of carbonyl (C=O) groups excluding carboxylic acids is 9. The number of H-pyrrole nitrogens is 2. The van der Waals surface area contributed by atoms with Crippen molar-refractivity contribution >= 4 is 76.4 Å². The quantitative estimate of drug-likeness (QED) is 0.00826. The molecule has 0 bridgehead atoms. The summed E-state index contributed by atoms with van der Waals surface area (Å²) in [5.41, 5.74) is 24.2. The number of benzene rings is 2. The number of primary amides is 1. The van der Waals surface area contributed by atoms with E-state index in [1.807, 2.05) is 31.2 Å². The molecule has 14 atom stereocenters. The summed E-state index contributed by atoms with van der Waals surface area (Å²) in [5, 5.41) is 26.5. The summed E-state index contributed by atoms with van der Waals surface area (Å²) in [6.45, 7) is 15.9. The number of amides is 9. The first-order valence-electron chi connectivity index (χ1n) is 37.2. The Morgan fingerprint density at radius 3 is 2.09 bits per heavy atom. The number of fused-ring (bicyclic) bond motifs is 6. The van der Waals surface area contributed by atoms with Crippen molar-refractivity contribution in [2.45, 2.75) is 219 Å². The molecule has 0 aliphatic heterocycles. The zero-order valence-corrected chi connectivity index (χ0v) is 61.2. The highest BCUT2D eigenvalue weighted by Crippen LogP contribution is 2.67. The summed E-state index contributed by atoms with van der Waals surface area (Å²) in [4.78, 5) is 137. The molecule has 27 heteroatoms. The summed E-state index contributed by atoms with van der Waals surface area (Å²) in [5.74, 6) is -1.36. The van der Waals surface area contributed by atoms with Gasteiger partial charge in [-0.2, -0.15) is 5.10 Å². The van der Waals surface area contributed by atoms with E-state index in [4.69, 9.17) is 21.9 Å². The monoisotopic (exact) mass is 1420 g/mol. The Kier molecular flexibility index (Phi) is 29.5. The maximum atomic E-state index is 14.6. The molecule has 9 amide bonds. The van der Waals surface area contributed by atoms with E-state index in [0.717, 1.165) is 78.0 Å². The lowest BCUT2D eigenvalue weighted by Gasteiger charge is -2.58. The lowest BCUT2D eigenvalue weighted by Crippen LogP contribution is -2.60. The maximum absolute atomic E-state index is 14.6. The highest BCUT2D eigenvalue weighted by atomic mass is 16.6. The van der Waals surface area contributed by atoms with Crippen LogP contribution in [0.3, 0.4) is 0 Å². The zero-order chi connectivity index (χ0) is 74.2. The van der Waals surface area contributed by atoms with Gasteiger partial charge in [0.2, 0.25) is 41.4 Å². The number of rotatable bonds is 39. The average Bonchev–Trinajstić information content (AvgIpc) is 1.27. The molecule has 0 spiro atoms. The Morgan fingerprint density at radius 2 is 1.36 bits per heavy atom. The Bertz CT molecular complexity index is 3590. The van der Waals surface area contributed by atoms with E-state index in [-0.39, 0.29) is 75.6 Å². The number of aromatic nitrogens is 3. The van der Waals surface area contributed by atoms with E-state index in [1.54, 1.807) is 36.5 Å². The van der Waals surface area contributed by atoms with Crippen LogP contribution in [0.25, 0.3) is 10.9 Å². The summed E-state index contributed by atoms with van der Waals surface area (Å²) in [6.07, 6.45) is 22.5. The fourth-order valence-electron chi connectivity index (χ4n) is 16.5. The molecule has 0 unspecified atom stereocenters. The summed E-state index contributed by atoms with van der Waals surface area (Å²) >= 11 is 0. The Labute approximate surface area is 605 Å². The van der Waals surface area contributed by atoms with Gasteiger partial charge in [0, 0.05) is 74.3 Å². The Morgan fingerprint density at radius 1 is 0.680 bits per heavy atom. The number of guanidine groups is 1. The third kappa shape index (κ3) is 22.6. The third-order valence-corrected chi connectivity index (χ3v) is 22.1. The van der Waals surface area contributed by atoms with E-state index >= 15 is 0 Å². The first-order valence-corrected chi connectivity index (χ1v) is 37.2. The molecule has 3 saturated carbocycles. The van der Waals surface area contributed by atoms with E-state index in [9.17, 15) is 43.2 Å². The van der Waals surface area contributed by atoms with Crippen molar-refractivity contribution in [2.24, 2.45) is 73.6 Å². The van der Waals surface area contributed by atoms with Gasteiger partial charge in [-0.3, -0.25) is 43.3 Å². The van der Waals surface area contributed by atoms with Gasteiger partial charge in [0.25, 0.3) is 5.91 Å². The minimum Gasteiger partial charge on any atom is -0.446 e. The average molecular weight is 1420 g/mol. The lowest BCUT2D eigenvalue weighted by atomic mass is 9.47. The predicted octanol–water partition coefficient (Wildman–Crippen LogP) is 5.79. The minimum absolute atomic E-state index is 0.00276. The van der Waals surface area contributed by atoms with Crippen LogP contribution in [0.2, 0.25) is 0 Å². The molecule has 8 rings (SSSR count). The van der Waals surface area contributed by atoms with Gasteiger partial charge in [0.15, 0.2) is 5.96 Å². The number of aromatic amines is 2. The number of hydrazone groups is 1. The Hall–Kier alpha value is -9.30. The maximum Gasteiger partial charge on any atom is 0.407 e. The van der Waals surface area contributed by atoms with Crippen molar-refractivity contribution < 1.29 is 47.9 Å². The predicted molar refractivity (Wildman–Crippen MR) is 396 cm³/mol. The highest BCUT2D eigenvalue weighted by molar-refractivity contribution is 6.26. The second-order valence-electron chi connectivity index (χ2n) is 29.8. The fourth-order valence-corrected chi connectivity index (χ4v) is 16.5. The summed E-state index contributed by atoms with van der Waals surface area (Å²) in [6, 6.07) is 8.69. The number of alkyl carbamates (subject to hydrolysis) is 1. The van der Waals surface area contributed by atoms with Crippen LogP contribution in [-0.4, -0.2) is 149 Å². The number of unbranched alkanes of at least 4 members (excludes halogenated alkanes) is 1. The number of nitrogens with one attached hydrogen (secondary N) is 11. The van der Waals surface area contributed by atoms with Crippen molar-refractivity contribution in [3.63, 3.8) is 0 Å². The van der Waals surface area contributed by atoms with Crippen LogP contribution in [-0.2, 0) is 62.4 Å². The van der Waals surface area contributed by atoms with Gasteiger partial charge in [-0.15, -0.1) is 0 Å². The molecule has 3 fully saturated rings.